The van der Waals surface area contributed by atoms with Crippen LogP contribution in [0.4, 0.5) is 26.3 Å². The topological polar surface area (TPSA) is 46.5 Å². The molecule has 22 heavy (non-hydrogen) atoms. The van der Waals surface area contributed by atoms with E-state index in [1.807, 2.05) is 0 Å². The first kappa shape index (κ1) is 20.8. The summed E-state index contributed by atoms with van der Waals surface area (Å²) in [5.41, 5.74) is -4.90. The summed E-state index contributed by atoms with van der Waals surface area (Å²) < 4.78 is 78.8. The zero-order chi connectivity index (χ0) is 17.6. The van der Waals surface area contributed by atoms with Crippen LogP contribution in [0.1, 0.15) is 33.1 Å². The summed E-state index contributed by atoms with van der Waals surface area (Å²) in [6.45, 7) is 2.16. The molecule has 0 aliphatic heterocycles. The maximum absolute atomic E-state index is 12.4. The highest BCUT2D eigenvalue weighted by molar-refractivity contribution is 5.72. The molecule has 0 heterocycles. The van der Waals surface area contributed by atoms with Gasteiger partial charge in [-0.3, -0.25) is 4.79 Å². The molecule has 1 N–H and O–H groups in total. The largest absolute Gasteiger partial charge is 0.465 e. The minimum absolute atomic E-state index is 0.272. The normalized spacial score (nSPS) is 15.1. The molecule has 0 saturated heterocycles. The van der Waals surface area contributed by atoms with Crippen LogP contribution in [0.2, 0.25) is 0 Å². The maximum Gasteiger partial charge on any atom is 0.426 e. The monoisotopic (exact) mass is 336 g/mol. The first-order chi connectivity index (χ1) is 9.90. The van der Waals surface area contributed by atoms with E-state index in [1.165, 1.54) is 0 Å². The van der Waals surface area contributed by atoms with Crippen LogP contribution in [-0.2, 0) is 9.53 Å². The molecule has 1 atom stereocenters. The van der Waals surface area contributed by atoms with Crippen LogP contribution in [0.5, 0.6) is 0 Å². The van der Waals surface area contributed by atoms with Crippen molar-refractivity contribution in [2.24, 2.45) is 5.92 Å². The van der Waals surface area contributed by atoms with Gasteiger partial charge in [-0.1, -0.05) is 19.1 Å². The minimum atomic E-state index is -5.91. The van der Waals surface area contributed by atoms with Gasteiger partial charge in [0.1, 0.15) is 0 Å². The number of halogens is 6. The van der Waals surface area contributed by atoms with Gasteiger partial charge in [0.25, 0.3) is 5.60 Å². The van der Waals surface area contributed by atoms with E-state index in [2.05, 4.69) is 4.74 Å². The van der Waals surface area contributed by atoms with Crippen LogP contribution < -0.4 is 0 Å². The Bertz CT molecular complexity index is 372. The summed E-state index contributed by atoms with van der Waals surface area (Å²) >= 11 is 0. The molecule has 0 aromatic carbocycles. The number of carbonyl (C=O) groups is 1. The van der Waals surface area contributed by atoms with Gasteiger partial charge >= 0.3 is 18.3 Å². The smallest absolute Gasteiger partial charge is 0.426 e. The Labute approximate surface area is 123 Å². The fourth-order valence-electron chi connectivity index (χ4n) is 1.59. The third-order valence-corrected chi connectivity index (χ3v) is 3.13. The Morgan fingerprint density at radius 2 is 1.68 bits per heavy atom. The van der Waals surface area contributed by atoms with Crippen molar-refractivity contribution in [2.75, 3.05) is 6.61 Å². The van der Waals surface area contributed by atoms with Crippen LogP contribution in [0.25, 0.3) is 0 Å². The number of alkyl halides is 6. The molecule has 0 spiro atoms. The Hall–Kier alpha value is -1.25. The first-order valence-corrected chi connectivity index (χ1v) is 6.54. The molecule has 0 fully saturated rings. The summed E-state index contributed by atoms with van der Waals surface area (Å²) in [5.74, 6) is -1.55. The van der Waals surface area contributed by atoms with Gasteiger partial charge in [0.2, 0.25) is 0 Å². The molecule has 0 radical (unpaired) electrons. The van der Waals surface area contributed by atoms with Crippen LogP contribution in [0.15, 0.2) is 12.2 Å². The van der Waals surface area contributed by atoms with E-state index >= 15 is 0 Å². The first-order valence-electron chi connectivity index (χ1n) is 6.54. The van der Waals surface area contributed by atoms with Gasteiger partial charge in [0.05, 0.1) is 12.5 Å². The molecule has 0 rings (SSSR count). The van der Waals surface area contributed by atoms with Crippen molar-refractivity contribution in [1.29, 1.82) is 0 Å². The van der Waals surface area contributed by atoms with E-state index in [4.69, 9.17) is 5.11 Å². The molecule has 130 valence electrons. The molecular weight excluding hydrogens is 318 g/mol. The summed E-state index contributed by atoms with van der Waals surface area (Å²) in [6, 6.07) is 0. The van der Waals surface area contributed by atoms with Crippen molar-refractivity contribution in [1.82, 2.24) is 0 Å². The fraction of sp³-hybridized carbons (Fsp3) is 0.769. The molecule has 0 aromatic heterocycles. The average molecular weight is 336 g/mol. The fourth-order valence-corrected chi connectivity index (χ4v) is 1.59. The lowest BCUT2D eigenvalue weighted by Crippen LogP contribution is -2.57. The van der Waals surface area contributed by atoms with Gasteiger partial charge in [0.15, 0.2) is 0 Å². The molecule has 3 nitrogen and oxygen atoms in total. The molecule has 0 aromatic rings. The molecule has 0 aliphatic carbocycles. The number of hydrogen-bond acceptors (Lipinski definition) is 3. The Kier molecular flexibility index (Phi) is 7.40. The molecule has 0 aliphatic rings. The predicted octanol–water partition coefficient (Wildman–Crippen LogP) is 3.77. The Balaban J connectivity index is 4.74. The highest BCUT2D eigenvalue weighted by Gasteiger charge is 2.70. The van der Waals surface area contributed by atoms with Gasteiger partial charge in [0, 0.05) is 6.42 Å². The molecular formula is C13H18F6O3. The predicted molar refractivity (Wildman–Crippen MR) is 65.8 cm³/mol. The van der Waals surface area contributed by atoms with E-state index in [9.17, 15) is 31.1 Å². The van der Waals surface area contributed by atoms with Crippen LogP contribution in [0, 0.1) is 5.92 Å². The van der Waals surface area contributed by atoms with Crippen molar-refractivity contribution in [3.63, 3.8) is 0 Å². The number of carbonyl (C=O) groups excluding carboxylic acids is 1. The Morgan fingerprint density at radius 3 is 2.05 bits per heavy atom. The second-order valence-electron chi connectivity index (χ2n) is 4.68. The number of hydrogen-bond donors (Lipinski definition) is 1. The van der Waals surface area contributed by atoms with Gasteiger partial charge in [-0.05, 0) is 19.8 Å². The van der Waals surface area contributed by atoms with Gasteiger partial charge < -0.3 is 9.84 Å². The van der Waals surface area contributed by atoms with Gasteiger partial charge in [-0.2, -0.15) is 26.3 Å². The third kappa shape index (κ3) is 5.19. The number of rotatable bonds is 7. The molecule has 9 heteroatoms. The quantitative estimate of drug-likeness (QED) is 0.437. The highest BCUT2D eigenvalue weighted by atomic mass is 19.4. The van der Waals surface area contributed by atoms with Crippen molar-refractivity contribution >= 4 is 5.97 Å². The second-order valence-corrected chi connectivity index (χ2v) is 4.68. The summed E-state index contributed by atoms with van der Waals surface area (Å²) in [5, 5.41) is 8.88. The van der Waals surface area contributed by atoms with E-state index in [-0.39, 0.29) is 6.42 Å². The van der Waals surface area contributed by atoms with Crippen molar-refractivity contribution in [3.05, 3.63) is 12.2 Å². The van der Waals surface area contributed by atoms with Crippen LogP contribution in [0.3, 0.4) is 0 Å². The zero-order valence-electron chi connectivity index (χ0n) is 12.1. The highest BCUT2D eigenvalue weighted by Crippen LogP contribution is 2.45. The lowest BCUT2D eigenvalue weighted by atomic mass is 9.98. The minimum Gasteiger partial charge on any atom is -0.465 e. The summed E-state index contributed by atoms with van der Waals surface area (Å²) in [4.78, 5) is 11.6. The van der Waals surface area contributed by atoms with E-state index in [0.29, 0.717) is 6.42 Å². The van der Waals surface area contributed by atoms with Crippen LogP contribution in [-0.4, -0.2) is 35.6 Å². The molecule has 0 amide bonds. The third-order valence-electron chi connectivity index (χ3n) is 3.13. The van der Waals surface area contributed by atoms with E-state index < -0.39 is 42.9 Å². The van der Waals surface area contributed by atoms with Gasteiger partial charge in [-0.25, -0.2) is 0 Å². The summed E-state index contributed by atoms with van der Waals surface area (Å²) in [6.07, 6.45) is -9.73. The molecule has 0 saturated carbocycles. The number of esters is 1. The number of ether oxygens (including phenoxy) is 1. The van der Waals surface area contributed by atoms with Crippen molar-refractivity contribution in [3.8, 4) is 0 Å². The average Bonchev–Trinajstić information content (AvgIpc) is 2.36. The van der Waals surface area contributed by atoms with E-state index in [0.717, 1.165) is 0 Å². The standard InChI is InChI=1S/C13H18F6O3/c1-3-5-6-9(4-2)10(20)22-8-7-11(21,12(14,15)16)13(17,18)19/h3,5,9,21H,4,6-8H2,1-2H3/b5-3-. The maximum atomic E-state index is 12.4. The van der Waals surface area contributed by atoms with Crippen molar-refractivity contribution in [2.45, 2.75) is 51.1 Å². The number of allylic oxidation sites excluding steroid dienone is 2. The molecule has 0 bridgehead atoms. The van der Waals surface area contributed by atoms with Crippen LogP contribution >= 0.6 is 0 Å². The lowest BCUT2D eigenvalue weighted by Gasteiger charge is -2.32. The lowest BCUT2D eigenvalue weighted by molar-refractivity contribution is -0.371. The zero-order valence-corrected chi connectivity index (χ0v) is 12.1. The number of aliphatic hydroxyl groups is 1. The second kappa shape index (κ2) is 7.85. The SMILES string of the molecule is C/C=C\CC(CC)C(=O)OCCC(O)(C(F)(F)F)C(F)(F)F. The van der Waals surface area contributed by atoms with E-state index in [1.54, 1.807) is 26.0 Å². The Morgan fingerprint density at radius 1 is 1.18 bits per heavy atom. The summed E-state index contributed by atoms with van der Waals surface area (Å²) in [7, 11) is 0. The van der Waals surface area contributed by atoms with Crippen molar-refractivity contribution < 1.29 is 41.0 Å². The van der Waals surface area contributed by atoms with Gasteiger partial charge in [-0.15, -0.1) is 0 Å². The molecule has 1 unspecified atom stereocenters.